The molecule has 2 fully saturated rings. The van der Waals surface area contributed by atoms with Crippen LogP contribution in [0.15, 0.2) is 18.2 Å². The molecule has 7 nitrogen and oxygen atoms in total. The normalized spacial score (nSPS) is 22.7. The fraction of sp³-hybridized carbons (Fsp3) is 0.636. The lowest BCUT2D eigenvalue weighted by Gasteiger charge is -2.31. The van der Waals surface area contributed by atoms with E-state index in [1.807, 2.05) is 4.68 Å². The first-order valence-corrected chi connectivity index (χ1v) is 11.7. The predicted molar refractivity (Wildman–Crippen MR) is 118 cm³/mol. The van der Waals surface area contributed by atoms with Crippen molar-refractivity contribution in [3.8, 4) is 5.69 Å². The maximum atomic E-state index is 12.9. The second-order valence-corrected chi connectivity index (χ2v) is 9.25. The number of aryl methyl sites for hydroxylation is 2. The van der Waals surface area contributed by atoms with E-state index in [0.29, 0.717) is 17.3 Å². The number of carbonyl (C=O) groups excluding carboxylic acids is 1. The molecule has 30 heavy (non-hydrogen) atoms. The second kappa shape index (κ2) is 9.39. The molecule has 0 atom stereocenters. The molecule has 1 aromatic heterocycles. The van der Waals surface area contributed by atoms with Crippen LogP contribution in [0, 0.1) is 24.5 Å². The van der Waals surface area contributed by atoms with Gasteiger partial charge in [0.1, 0.15) is 0 Å². The summed E-state index contributed by atoms with van der Waals surface area (Å²) in [4.78, 5) is 16.4. The van der Waals surface area contributed by atoms with Gasteiger partial charge >= 0.3 is 0 Å². The quantitative estimate of drug-likeness (QED) is 0.756. The van der Waals surface area contributed by atoms with Crippen LogP contribution in [0.4, 0.5) is 0 Å². The number of tetrazole rings is 1. The second-order valence-electron chi connectivity index (χ2n) is 8.88. The molecule has 0 saturated carbocycles. The Labute approximate surface area is 183 Å². The number of benzene rings is 1. The Morgan fingerprint density at radius 3 is 2.50 bits per heavy atom. The Hall–Kier alpha value is -2.06. The zero-order chi connectivity index (χ0) is 21.1. The highest BCUT2D eigenvalue weighted by atomic mass is 32.1. The van der Waals surface area contributed by atoms with Gasteiger partial charge in [-0.15, -0.1) is 0 Å². The highest BCUT2D eigenvalue weighted by molar-refractivity contribution is 7.71. The molecule has 1 aromatic carbocycles. The first-order valence-electron chi connectivity index (χ1n) is 11.3. The van der Waals surface area contributed by atoms with Crippen LogP contribution in [0.1, 0.15) is 49.7 Å². The first kappa shape index (κ1) is 21.2. The molecular formula is C22H33N6OS+. The van der Waals surface area contributed by atoms with Crippen molar-refractivity contribution < 1.29 is 9.69 Å². The highest BCUT2D eigenvalue weighted by Gasteiger charge is 2.31. The van der Waals surface area contributed by atoms with Crippen molar-refractivity contribution in [2.45, 2.75) is 59.0 Å². The molecule has 0 radical (unpaired) electrons. The molecule has 2 aliphatic heterocycles. The molecule has 2 saturated heterocycles. The van der Waals surface area contributed by atoms with Crippen molar-refractivity contribution in [3.63, 3.8) is 0 Å². The third-order valence-corrected chi connectivity index (χ3v) is 6.95. The summed E-state index contributed by atoms with van der Waals surface area (Å²) < 4.78 is 4.20. The lowest BCUT2D eigenvalue weighted by Crippen LogP contribution is -3.12. The van der Waals surface area contributed by atoms with Gasteiger partial charge in [0.05, 0.1) is 18.8 Å². The Kier molecular flexibility index (Phi) is 6.63. The molecule has 3 heterocycles. The van der Waals surface area contributed by atoms with Gasteiger partial charge in [0, 0.05) is 31.8 Å². The number of aromatic nitrogens is 4. The summed E-state index contributed by atoms with van der Waals surface area (Å²) in [7, 11) is 0. The maximum Gasteiger partial charge on any atom is 0.226 e. The van der Waals surface area contributed by atoms with Gasteiger partial charge in [-0.2, -0.15) is 9.36 Å². The average Bonchev–Trinajstić information content (AvgIpc) is 2.95. The number of nitrogens with one attached hydrogen (secondary N) is 1. The highest BCUT2D eigenvalue weighted by Crippen LogP contribution is 2.18. The van der Waals surface area contributed by atoms with E-state index in [1.54, 1.807) is 4.68 Å². The zero-order valence-electron chi connectivity index (χ0n) is 18.1. The van der Waals surface area contributed by atoms with Gasteiger partial charge in [0.25, 0.3) is 0 Å². The van der Waals surface area contributed by atoms with Gasteiger partial charge in [-0.1, -0.05) is 25.0 Å². The number of hydrogen-bond donors (Lipinski definition) is 1. The monoisotopic (exact) mass is 429 g/mol. The lowest BCUT2D eigenvalue weighted by molar-refractivity contribution is -0.929. The van der Waals surface area contributed by atoms with Crippen LogP contribution in [-0.4, -0.2) is 56.8 Å². The standard InChI is InChI=1S/C22H32N6OS/c1-17-7-8-18(2)20(15-17)28-22(30)27(23-24-28)16-25-13-9-19(10-14-25)21(29)26-11-5-3-4-6-12-26/h7-8,15,19H,3-6,9-14,16H2,1-2H3/p+1. The third kappa shape index (κ3) is 4.64. The van der Waals surface area contributed by atoms with Gasteiger partial charge in [0.2, 0.25) is 10.7 Å². The van der Waals surface area contributed by atoms with Gasteiger partial charge in [-0.05, 0) is 66.5 Å². The number of amides is 1. The molecule has 8 heteroatoms. The summed E-state index contributed by atoms with van der Waals surface area (Å²) in [5.41, 5.74) is 3.29. The molecule has 0 bridgehead atoms. The van der Waals surface area contributed by atoms with E-state index < -0.39 is 0 Å². The number of hydrogen-bond acceptors (Lipinski definition) is 4. The number of nitrogens with zero attached hydrogens (tertiary/aromatic N) is 5. The van der Waals surface area contributed by atoms with Crippen LogP contribution in [-0.2, 0) is 11.5 Å². The van der Waals surface area contributed by atoms with E-state index in [9.17, 15) is 4.79 Å². The van der Waals surface area contributed by atoms with E-state index in [-0.39, 0.29) is 5.92 Å². The van der Waals surface area contributed by atoms with Crippen molar-refractivity contribution in [1.82, 2.24) is 24.7 Å². The molecule has 0 spiro atoms. The lowest BCUT2D eigenvalue weighted by atomic mass is 9.95. The molecule has 2 aliphatic rings. The summed E-state index contributed by atoms with van der Waals surface area (Å²) in [6, 6.07) is 6.27. The van der Waals surface area contributed by atoms with Gasteiger partial charge < -0.3 is 9.80 Å². The summed E-state index contributed by atoms with van der Waals surface area (Å²) in [6.07, 6.45) is 6.73. The fourth-order valence-electron chi connectivity index (χ4n) is 4.66. The van der Waals surface area contributed by atoms with E-state index in [4.69, 9.17) is 12.2 Å². The van der Waals surface area contributed by atoms with E-state index in [2.05, 4.69) is 47.4 Å². The molecule has 2 aromatic rings. The largest absolute Gasteiger partial charge is 0.342 e. The van der Waals surface area contributed by atoms with E-state index in [1.165, 1.54) is 23.3 Å². The average molecular weight is 430 g/mol. The van der Waals surface area contributed by atoms with Gasteiger partial charge in [-0.25, -0.2) is 0 Å². The number of quaternary nitrogens is 1. The van der Waals surface area contributed by atoms with Crippen molar-refractivity contribution in [2.24, 2.45) is 5.92 Å². The van der Waals surface area contributed by atoms with Gasteiger partial charge in [-0.3, -0.25) is 4.79 Å². The number of rotatable bonds is 4. The van der Waals surface area contributed by atoms with Crippen LogP contribution in [0.3, 0.4) is 0 Å². The summed E-state index contributed by atoms with van der Waals surface area (Å²) in [5.74, 6) is 0.568. The molecule has 0 aliphatic carbocycles. The van der Waals surface area contributed by atoms with E-state index in [0.717, 1.165) is 63.1 Å². The molecule has 1 N–H and O–H groups in total. The Bertz CT molecular complexity index is 935. The predicted octanol–water partition coefficient (Wildman–Crippen LogP) is 2.07. The summed E-state index contributed by atoms with van der Waals surface area (Å²) in [5, 5.41) is 8.64. The molecular weight excluding hydrogens is 396 g/mol. The van der Waals surface area contributed by atoms with Crippen molar-refractivity contribution >= 4 is 18.1 Å². The van der Waals surface area contributed by atoms with Crippen LogP contribution < -0.4 is 4.90 Å². The first-order chi connectivity index (χ1) is 14.5. The Morgan fingerprint density at radius 2 is 1.80 bits per heavy atom. The topological polar surface area (TPSA) is 60.4 Å². The molecule has 4 rings (SSSR count). The Morgan fingerprint density at radius 1 is 1.10 bits per heavy atom. The fourth-order valence-corrected chi connectivity index (χ4v) is 4.90. The summed E-state index contributed by atoms with van der Waals surface area (Å²) in [6.45, 7) is 8.68. The molecule has 162 valence electrons. The minimum absolute atomic E-state index is 0.186. The number of likely N-dealkylation sites (tertiary alicyclic amines) is 2. The van der Waals surface area contributed by atoms with Crippen molar-refractivity contribution in [3.05, 3.63) is 34.1 Å². The van der Waals surface area contributed by atoms with Crippen LogP contribution in [0.25, 0.3) is 5.69 Å². The van der Waals surface area contributed by atoms with Gasteiger partial charge in [0.15, 0.2) is 6.67 Å². The smallest absolute Gasteiger partial charge is 0.226 e. The van der Waals surface area contributed by atoms with Crippen molar-refractivity contribution in [2.75, 3.05) is 26.2 Å². The third-order valence-electron chi connectivity index (χ3n) is 6.57. The summed E-state index contributed by atoms with van der Waals surface area (Å²) >= 11 is 5.67. The minimum Gasteiger partial charge on any atom is -0.342 e. The Balaban J connectivity index is 1.36. The maximum absolute atomic E-state index is 12.9. The van der Waals surface area contributed by atoms with Crippen LogP contribution >= 0.6 is 12.2 Å². The molecule has 1 amide bonds. The SMILES string of the molecule is Cc1ccc(C)c(-n2nnn(C[NH+]3CCC(C(=O)N4CCCCCC4)CC3)c2=S)c1. The van der Waals surface area contributed by atoms with Crippen molar-refractivity contribution in [1.29, 1.82) is 0 Å². The molecule has 0 unspecified atom stereocenters. The number of carbonyl (C=O) groups is 1. The van der Waals surface area contributed by atoms with Crippen LogP contribution in [0.2, 0.25) is 0 Å². The van der Waals surface area contributed by atoms with E-state index >= 15 is 0 Å². The van der Waals surface area contributed by atoms with Crippen LogP contribution in [0.5, 0.6) is 0 Å². The number of piperidine rings is 1. The zero-order valence-corrected chi connectivity index (χ0v) is 19.0. The minimum atomic E-state index is 0.186.